The van der Waals surface area contributed by atoms with Crippen molar-refractivity contribution in [3.63, 3.8) is 0 Å². The van der Waals surface area contributed by atoms with E-state index in [9.17, 15) is 14.4 Å². The summed E-state index contributed by atoms with van der Waals surface area (Å²) in [4.78, 5) is 41.2. The predicted molar refractivity (Wildman–Crippen MR) is 121 cm³/mol. The number of anilines is 1. The number of esters is 1. The lowest BCUT2D eigenvalue weighted by atomic mass is 10.0. The van der Waals surface area contributed by atoms with Gasteiger partial charge in [0.2, 0.25) is 5.91 Å². The number of rotatable bonds is 6. The maximum Gasteiger partial charge on any atom is 0.341 e. The Morgan fingerprint density at radius 1 is 1.06 bits per heavy atom. The number of piperazine rings is 1. The van der Waals surface area contributed by atoms with Crippen molar-refractivity contribution < 1.29 is 23.5 Å². The zero-order valence-corrected chi connectivity index (χ0v) is 18.4. The summed E-state index contributed by atoms with van der Waals surface area (Å²) in [5.74, 6) is -0.542. The molecule has 3 heterocycles. The second-order valence-corrected chi connectivity index (χ2v) is 8.18. The van der Waals surface area contributed by atoms with Gasteiger partial charge in [0.15, 0.2) is 5.76 Å². The van der Waals surface area contributed by atoms with Crippen molar-refractivity contribution in [1.29, 1.82) is 0 Å². The second kappa shape index (κ2) is 9.80. The number of benzene rings is 1. The molecule has 2 aromatic heterocycles. The molecule has 1 fully saturated rings. The summed E-state index contributed by atoms with van der Waals surface area (Å²) >= 11 is 1.29. The average molecular weight is 454 g/mol. The van der Waals surface area contributed by atoms with Gasteiger partial charge in [0.05, 0.1) is 19.9 Å². The number of methoxy groups -OCH3 is 1. The SMILES string of the molecule is COC(=O)c1c(-c2ccccc2)csc1NC(=O)CN1CCN(C(=O)c2ccco2)CC1. The van der Waals surface area contributed by atoms with Gasteiger partial charge in [0.1, 0.15) is 10.6 Å². The van der Waals surface area contributed by atoms with E-state index in [0.717, 1.165) is 11.1 Å². The highest BCUT2D eigenvalue weighted by atomic mass is 32.1. The smallest absolute Gasteiger partial charge is 0.341 e. The molecule has 0 aliphatic carbocycles. The van der Waals surface area contributed by atoms with Gasteiger partial charge in [-0.3, -0.25) is 14.5 Å². The molecule has 1 saturated heterocycles. The molecule has 0 bridgehead atoms. The summed E-state index contributed by atoms with van der Waals surface area (Å²) in [5.41, 5.74) is 1.95. The monoisotopic (exact) mass is 453 g/mol. The number of nitrogens with one attached hydrogen (secondary N) is 1. The quantitative estimate of drug-likeness (QED) is 0.577. The summed E-state index contributed by atoms with van der Waals surface area (Å²) in [6.45, 7) is 2.34. The van der Waals surface area contributed by atoms with Gasteiger partial charge < -0.3 is 19.4 Å². The molecule has 1 aromatic carbocycles. The van der Waals surface area contributed by atoms with Crippen LogP contribution in [0.3, 0.4) is 0 Å². The van der Waals surface area contributed by atoms with Crippen LogP contribution < -0.4 is 5.32 Å². The van der Waals surface area contributed by atoms with Crippen molar-refractivity contribution >= 4 is 34.1 Å². The van der Waals surface area contributed by atoms with Crippen LogP contribution in [0.25, 0.3) is 11.1 Å². The fourth-order valence-electron chi connectivity index (χ4n) is 3.62. The van der Waals surface area contributed by atoms with Gasteiger partial charge in [-0.25, -0.2) is 4.79 Å². The first-order chi connectivity index (χ1) is 15.6. The van der Waals surface area contributed by atoms with Crippen molar-refractivity contribution in [3.8, 4) is 11.1 Å². The molecule has 166 valence electrons. The lowest BCUT2D eigenvalue weighted by Gasteiger charge is -2.33. The van der Waals surface area contributed by atoms with Crippen LogP contribution in [0.1, 0.15) is 20.9 Å². The van der Waals surface area contributed by atoms with Crippen molar-refractivity contribution in [2.24, 2.45) is 0 Å². The fourth-order valence-corrected chi connectivity index (χ4v) is 4.59. The topological polar surface area (TPSA) is 92.1 Å². The molecule has 8 nitrogen and oxygen atoms in total. The molecule has 1 N–H and O–H groups in total. The van der Waals surface area contributed by atoms with Crippen LogP contribution in [0.4, 0.5) is 5.00 Å². The molecule has 4 rings (SSSR count). The number of thiophene rings is 1. The van der Waals surface area contributed by atoms with Crippen LogP contribution in [-0.4, -0.2) is 67.4 Å². The van der Waals surface area contributed by atoms with E-state index in [0.29, 0.717) is 42.5 Å². The third kappa shape index (κ3) is 4.74. The molecule has 0 atom stereocenters. The first-order valence-corrected chi connectivity index (χ1v) is 11.0. The van der Waals surface area contributed by atoms with Crippen molar-refractivity contribution in [3.05, 3.63) is 65.4 Å². The first-order valence-electron chi connectivity index (χ1n) is 10.2. The molecule has 2 amide bonds. The van der Waals surface area contributed by atoms with E-state index in [4.69, 9.17) is 9.15 Å². The van der Waals surface area contributed by atoms with Crippen LogP contribution in [0.15, 0.2) is 58.5 Å². The highest BCUT2D eigenvalue weighted by Crippen LogP contribution is 2.36. The van der Waals surface area contributed by atoms with E-state index < -0.39 is 5.97 Å². The number of amides is 2. The Morgan fingerprint density at radius 3 is 2.47 bits per heavy atom. The number of ether oxygens (including phenoxy) is 1. The van der Waals surface area contributed by atoms with Gasteiger partial charge in [-0.15, -0.1) is 11.3 Å². The van der Waals surface area contributed by atoms with Crippen LogP contribution in [0.5, 0.6) is 0 Å². The van der Waals surface area contributed by atoms with E-state index in [1.54, 1.807) is 17.0 Å². The molecule has 0 spiro atoms. The van der Waals surface area contributed by atoms with Crippen molar-refractivity contribution in [1.82, 2.24) is 9.80 Å². The Kier molecular flexibility index (Phi) is 6.67. The summed E-state index contributed by atoms with van der Waals surface area (Å²) < 4.78 is 10.1. The van der Waals surface area contributed by atoms with Crippen LogP contribution in [0, 0.1) is 0 Å². The predicted octanol–water partition coefficient (Wildman–Crippen LogP) is 3.19. The summed E-state index contributed by atoms with van der Waals surface area (Å²) in [6, 6.07) is 12.8. The van der Waals surface area contributed by atoms with Gasteiger partial charge in [0, 0.05) is 37.1 Å². The third-order valence-electron chi connectivity index (χ3n) is 5.28. The number of hydrogen-bond acceptors (Lipinski definition) is 7. The number of nitrogens with zero attached hydrogens (tertiary/aromatic N) is 2. The fraction of sp³-hybridized carbons (Fsp3) is 0.261. The van der Waals surface area contributed by atoms with E-state index >= 15 is 0 Å². The van der Waals surface area contributed by atoms with E-state index in [1.807, 2.05) is 40.6 Å². The van der Waals surface area contributed by atoms with Crippen molar-refractivity contribution in [2.75, 3.05) is 45.2 Å². The molecular weight excluding hydrogens is 430 g/mol. The molecule has 0 radical (unpaired) electrons. The minimum Gasteiger partial charge on any atom is -0.465 e. The molecule has 9 heteroatoms. The van der Waals surface area contributed by atoms with Gasteiger partial charge in [-0.2, -0.15) is 0 Å². The summed E-state index contributed by atoms with van der Waals surface area (Å²) in [5, 5.41) is 5.17. The Bertz CT molecular complexity index is 1090. The molecule has 1 aliphatic heterocycles. The molecular formula is C23H23N3O5S. The van der Waals surface area contributed by atoms with Crippen LogP contribution in [-0.2, 0) is 9.53 Å². The van der Waals surface area contributed by atoms with Crippen molar-refractivity contribution in [2.45, 2.75) is 0 Å². The maximum atomic E-state index is 12.7. The third-order valence-corrected chi connectivity index (χ3v) is 6.17. The number of hydrogen-bond donors (Lipinski definition) is 1. The van der Waals surface area contributed by atoms with E-state index in [2.05, 4.69) is 5.32 Å². The Morgan fingerprint density at radius 2 is 1.81 bits per heavy atom. The lowest BCUT2D eigenvalue weighted by molar-refractivity contribution is -0.117. The summed E-state index contributed by atoms with van der Waals surface area (Å²) in [6.07, 6.45) is 1.48. The number of carbonyl (C=O) groups excluding carboxylic acids is 3. The zero-order valence-electron chi connectivity index (χ0n) is 17.6. The Labute approximate surface area is 189 Å². The standard InChI is InChI=1S/C23H23N3O5S/c1-30-23(29)20-17(16-6-3-2-4-7-16)15-32-21(20)24-19(27)14-25-9-11-26(12-10-25)22(28)18-8-5-13-31-18/h2-8,13,15H,9-12,14H2,1H3,(H,24,27). The first kappa shape index (κ1) is 21.8. The molecule has 3 aromatic rings. The highest BCUT2D eigenvalue weighted by molar-refractivity contribution is 7.15. The van der Waals surface area contributed by atoms with E-state index in [-0.39, 0.29) is 18.4 Å². The van der Waals surface area contributed by atoms with Gasteiger partial charge in [-0.1, -0.05) is 30.3 Å². The minimum absolute atomic E-state index is 0.145. The summed E-state index contributed by atoms with van der Waals surface area (Å²) in [7, 11) is 1.32. The Balaban J connectivity index is 1.38. The number of carbonyl (C=O) groups is 3. The normalized spacial score (nSPS) is 14.2. The number of furan rings is 1. The zero-order chi connectivity index (χ0) is 22.5. The Hall–Kier alpha value is -3.43. The lowest BCUT2D eigenvalue weighted by Crippen LogP contribution is -2.50. The molecule has 0 saturated carbocycles. The van der Waals surface area contributed by atoms with Gasteiger partial charge in [0.25, 0.3) is 5.91 Å². The highest BCUT2D eigenvalue weighted by Gasteiger charge is 2.26. The van der Waals surface area contributed by atoms with Gasteiger partial charge >= 0.3 is 5.97 Å². The molecule has 0 unspecified atom stereocenters. The minimum atomic E-state index is -0.495. The average Bonchev–Trinajstić information content (AvgIpc) is 3.50. The van der Waals surface area contributed by atoms with Crippen LogP contribution in [0.2, 0.25) is 0 Å². The molecule has 32 heavy (non-hydrogen) atoms. The molecule has 1 aliphatic rings. The maximum absolute atomic E-state index is 12.7. The van der Waals surface area contributed by atoms with Gasteiger partial charge in [-0.05, 0) is 17.7 Å². The largest absolute Gasteiger partial charge is 0.465 e. The van der Waals surface area contributed by atoms with E-state index in [1.165, 1.54) is 24.7 Å². The second-order valence-electron chi connectivity index (χ2n) is 7.30. The van der Waals surface area contributed by atoms with Crippen LogP contribution >= 0.6 is 11.3 Å².